The van der Waals surface area contributed by atoms with Crippen molar-refractivity contribution in [3.05, 3.63) is 70.8 Å². The number of carboxylic acid groups (broad SMARTS) is 1. The molecule has 1 unspecified atom stereocenters. The van der Waals surface area contributed by atoms with Gasteiger partial charge in [0.1, 0.15) is 5.41 Å². The van der Waals surface area contributed by atoms with Crippen molar-refractivity contribution in [1.29, 1.82) is 0 Å². The molecule has 4 nitrogen and oxygen atoms in total. The van der Waals surface area contributed by atoms with E-state index in [1.165, 1.54) is 7.11 Å². The van der Waals surface area contributed by atoms with Gasteiger partial charge in [0.25, 0.3) is 0 Å². The van der Waals surface area contributed by atoms with Crippen LogP contribution in [0.15, 0.2) is 48.5 Å². The van der Waals surface area contributed by atoms with E-state index in [4.69, 9.17) is 4.74 Å². The predicted molar refractivity (Wildman–Crippen MR) is 87.9 cm³/mol. The minimum Gasteiger partial charge on any atom is -0.481 e. The van der Waals surface area contributed by atoms with Gasteiger partial charge in [0.05, 0.1) is 12.5 Å². The van der Waals surface area contributed by atoms with E-state index in [0.717, 1.165) is 22.3 Å². The molecule has 0 aliphatic heterocycles. The molecule has 2 aromatic rings. The molecular formula is C20H18O4. The Morgan fingerprint density at radius 3 is 2.00 bits per heavy atom. The van der Waals surface area contributed by atoms with Crippen molar-refractivity contribution in [2.45, 2.75) is 24.7 Å². The number of ether oxygens (including phenoxy) is 1. The highest BCUT2D eigenvalue weighted by Gasteiger charge is 2.64. The standard InChI is InChI=1S/C20H18O4/c1-19(17(21)22)11-20(18(23)24-2)14-9-5-3-7-12(14)16(19)13-8-4-6-10-15(13)20/h3-10,16H,11H2,1-2H3,(H,21,22). The number of esters is 1. The van der Waals surface area contributed by atoms with Crippen LogP contribution in [0.3, 0.4) is 0 Å². The number of hydrogen-bond donors (Lipinski definition) is 1. The molecule has 24 heavy (non-hydrogen) atoms. The Labute approximate surface area is 140 Å². The fourth-order valence-corrected chi connectivity index (χ4v) is 4.78. The highest BCUT2D eigenvalue weighted by atomic mass is 16.5. The topological polar surface area (TPSA) is 63.6 Å². The van der Waals surface area contributed by atoms with Gasteiger partial charge in [-0.1, -0.05) is 48.5 Å². The lowest BCUT2D eigenvalue weighted by atomic mass is 9.46. The summed E-state index contributed by atoms with van der Waals surface area (Å²) in [5.41, 5.74) is 1.45. The van der Waals surface area contributed by atoms with Crippen LogP contribution in [0.2, 0.25) is 0 Å². The van der Waals surface area contributed by atoms with Gasteiger partial charge < -0.3 is 9.84 Å². The van der Waals surface area contributed by atoms with E-state index in [9.17, 15) is 14.7 Å². The molecule has 0 saturated carbocycles. The quantitative estimate of drug-likeness (QED) is 0.863. The monoisotopic (exact) mass is 322 g/mol. The van der Waals surface area contributed by atoms with E-state index < -0.39 is 22.8 Å². The van der Waals surface area contributed by atoms with E-state index in [2.05, 4.69) is 0 Å². The molecule has 1 N–H and O–H groups in total. The summed E-state index contributed by atoms with van der Waals surface area (Å²) < 4.78 is 5.16. The van der Waals surface area contributed by atoms with Gasteiger partial charge in [0.15, 0.2) is 0 Å². The summed E-state index contributed by atoms with van der Waals surface area (Å²) in [6.07, 6.45) is 0.209. The van der Waals surface area contributed by atoms with Gasteiger partial charge in [0, 0.05) is 5.92 Å². The summed E-state index contributed by atoms with van der Waals surface area (Å²) in [6.45, 7) is 1.74. The first-order valence-corrected chi connectivity index (χ1v) is 7.97. The van der Waals surface area contributed by atoms with E-state index >= 15 is 0 Å². The number of rotatable bonds is 2. The molecule has 2 bridgehead atoms. The van der Waals surface area contributed by atoms with Crippen molar-refractivity contribution in [3.8, 4) is 0 Å². The van der Waals surface area contributed by atoms with Crippen LogP contribution < -0.4 is 0 Å². The third-order valence-electron chi connectivity index (χ3n) is 5.76. The minimum absolute atomic E-state index is 0.209. The van der Waals surface area contributed by atoms with Crippen molar-refractivity contribution < 1.29 is 19.4 Å². The molecule has 0 fully saturated rings. The van der Waals surface area contributed by atoms with Crippen LogP contribution in [-0.2, 0) is 19.7 Å². The maximum Gasteiger partial charge on any atom is 0.320 e. The van der Waals surface area contributed by atoms with Gasteiger partial charge in [-0.15, -0.1) is 0 Å². The first-order valence-electron chi connectivity index (χ1n) is 7.97. The Morgan fingerprint density at radius 2 is 1.54 bits per heavy atom. The van der Waals surface area contributed by atoms with Crippen molar-refractivity contribution in [2.75, 3.05) is 7.11 Å². The molecule has 0 saturated heterocycles. The lowest BCUT2D eigenvalue weighted by molar-refractivity contribution is -0.156. The van der Waals surface area contributed by atoms with Crippen molar-refractivity contribution in [2.24, 2.45) is 5.41 Å². The molecular weight excluding hydrogens is 304 g/mol. The lowest BCUT2D eigenvalue weighted by Crippen LogP contribution is -2.56. The fourth-order valence-electron chi connectivity index (χ4n) is 4.78. The van der Waals surface area contributed by atoms with Gasteiger partial charge in [-0.05, 0) is 35.6 Å². The largest absolute Gasteiger partial charge is 0.481 e. The maximum absolute atomic E-state index is 13.0. The molecule has 0 radical (unpaired) electrons. The number of carbonyl (C=O) groups is 2. The van der Waals surface area contributed by atoms with Crippen LogP contribution in [0.25, 0.3) is 0 Å². The molecule has 1 atom stereocenters. The van der Waals surface area contributed by atoms with E-state index in [1.54, 1.807) is 6.92 Å². The first-order chi connectivity index (χ1) is 11.5. The minimum atomic E-state index is -1.07. The van der Waals surface area contributed by atoms with Crippen LogP contribution in [0.4, 0.5) is 0 Å². The SMILES string of the molecule is COC(=O)C12CC(C)(C(=O)O)C(c3ccccc31)c1ccccc12. The first kappa shape index (κ1) is 14.9. The number of carbonyl (C=O) groups excluding carboxylic acids is 1. The molecule has 122 valence electrons. The zero-order valence-electron chi connectivity index (χ0n) is 13.6. The van der Waals surface area contributed by atoms with Crippen LogP contribution in [0, 0.1) is 5.41 Å². The molecule has 3 aliphatic rings. The van der Waals surface area contributed by atoms with Crippen molar-refractivity contribution in [1.82, 2.24) is 0 Å². The summed E-state index contributed by atoms with van der Waals surface area (Å²) in [6, 6.07) is 15.3. The number of benzene rings is 2. The van der Waals surface area contributed by atoms with Gasteiger partial charge >= 0.3 is 11.9 Å². The zero-order chi connectivity index (χ0) is 17.1. The highest BCUT2D eigenvalue weighted by Crippen LogP contribution is 2.63. The molecule has 3 aliphatic carbocycles. The molecule has 0 aromatic heterocycles. The smallest absolute Gasteiger partial charge is 0.320 e. The van der Waals surface area contributed by atoms with Gasteiger partial charge in [0.2, 0.25) is 0 Å². The average molecular weight is 322 g/mol. The number of fused-ring (bicyclic) bond motifs is 1. The molecule has 2 aromatic carbocycles. The fraction of sp³-hybridized carbons (Fsp3) is 0.300. The Balaban J connectivity index is 2.16. The second-order valence-corrected chi connectivity index (χ2v) is 6.90. The molecule has 0 heterocycles. The Hall–Kier alpha value is -2.62. The second-order valence-electron chi connectivity index (χ2n) is 6.90. The summed E-state index contributed by atoms with van der Waals surface area (Å²) in [5.74, 6) is -1.55. The summed E-state index contributed by atoms with van der Waals surface area (Å²) in [5, 5.41) is 9.99. The number of carboxylic acids is 1. The number of aliphatic carboxylic acids is 1. The Kier molecular flexibility index (Phi) is 2.92. The average Bonchev–Trinajstić information content (AvgIpc) is 2.61. The lowest BCUT2D eigenvalue weighted by Gasteiger charge is -2.54. The maximum atomic E-state index is 13.0. The number of methoxy groups -OCH3 is 1. The number of hydrogen-bond acceptors (Lipinski definition) is 3. The van der Waals surface area contributed by atoms with Crippen LogP contribution in [0.1, 0.15) is 41.5 Å². The third kappa shape index (κ3) is 1.53. The summed E-state index contributed by atoms with van der Waals surface area (Å²) in [7, 11) is 1.36. The van der Waals surface area contributed by atoms with Crippen molar-refractivity contribution >= 4 is 11.9 Å². The molecule has 4 heteroatoms. The third-order valence-corrected chi connectivity index (χ3v) is 5.76. The van der Waals surface area contributed by atoms with E-state index in [0.29, 0.717) is 0 Å². The normalized spacial score (nSPS) is 29.5. The van der Waals surface area contributed by atoms with Crippen molar-refractivity contribution in [3.63, 3.8) is 0 Å². The second kappa shape index (κ2) is 4.69. The van der Waals surface area contributed by atoms with Crippen LogP contribution >= 0.6 is 0 Å². The summed E-state index contributed by atoms with van der Waals surface area (Å²) >= 11 is 0. The Morgan fingerprint density at radius 1 is 1.04 bits per heavy atom. The zero-order valence-corrected chi connectivity index (χ0v) is 13.6. The molecule has 5 rings (SSSR count). The highest BCUT2D eigenvalue weighted by molar-refractivity contribution is 5.94. The summed E-state index contributed by atoms with van der Waals surface area (Å²) in [4.78, 5) is 25.2. The molecule has 0 spiro atoms. The van der Waals surface area contributed by atoms with Gasteiger partial charge in [-0.3, -0.25) is 9.59 Å². The predicted octanol–water partition coefficient (Wildman–Crippen LogP) is 3.09. The van der Waals surface area contributed by atoms with Crippen LogP contribution in [0.5, 0.6) is 0 Å². The Bertz CT molecular complexity index is 822. The van der Waals surface area contributed by atoms with E-state index in [-0.39, 0.29) is 12.3 Å². The van der Waals surface area contributed by atoms with Gasteiger partial charge in [-0.25, -0.2) is 0 Å². The van der Waals surface area contributed by atoms with Gasteiger partial charge in [-0.2, -0.15) is 0 Å². The van der Waals surface area contributed by atoms with Crippen LogP contribution in [-0.4, -0.2) is 24.2 Å². The molecule has 0 amide bonds. The van der Waals surface area contributed by atoms with E-state index in [1.807, 2.05) is 48.5 Å².